The minimum atomic E-state index is -3.05. The van der Waals surface area contributed by atoms with E-state index in [2.05, 4.69) is 43.1 Å². The molecule has 0 bridgehead atoms. The molecule has 124 valence electrons. The summed E-state index contributed by atoms with van der Waals surface area (Å²) in [6, 6.07) is 10.5. The maximum absolute atomic E-state index is 11.7. The quantitative estimate of drug-likeness (QED) is 0.807. The van der Waals surface area contributed by atoms with Crippen LogP contribution >= 0.6 is 0 Å². The van der Waals surface area contributed by atoms with Crippen molar-refractivity contribution in [3.05, 3.63) is 35.9 Å². The number of nitrogens with zero attached hydrogens (tertiary/aromatic N) is 2. The Hall–Kier alpha value is -0.910. The number of benzene rings is 1. The molecule has 1 aliphatic heterocycles. The third-order valence-electron chi connectivity index (χ3n) is 4.47. The number of hydrogen-bond donors (Lipinski definition) is 0. The molecule has 22 heavy (non-hydrogen) atoms. The number of likely N-dealkylation sites (N-methyl/N-ethyl adjacent to an activating group) is 1. The number of rotatable bonds is 6. The Kier molecular flexibility index (Phi) is 6.01. The van der Waals surface area contributed by atoms with E-state index in [1.807, 2.05) is 6.07 Å². The molecule has 4 nitrogen and oxygen atoms in total. The normalized spacial score (nSPS) is 21.9. The lowest BCUT2D eigenvalue weighted by atomic mass is 9.97. The third kappa shape index (κ3) is 5.07. The molecule has 0 amide bonds. The summed E-state index contributed by atoms with van der Waals surface area (Å²) >= 11 is 0. The van der Waals surface area contributed by atoms with E-state index >= 15 is 0 Å². The van der Waals surface area contributed by atoms with Gasteiger partial charge in [0.25, 0.3) is 0 Å². The van der Waals surface area contributed by atoms with Crippen LogP contribution in [0.3, 0.4) is 0 Å². The Balaban J connectivity index is 1.85. The lowest BCUT2D eigenvalue weighted by Gasteiger charge is -2.34. The molecule has 0 N–H and O–H groups in total. The third-order valence-corrected chi connectivity index (χ3v) is 5.74. The fourth-order valence-corrected chi connectivity index (χ4v) is 4.29. The predicted molar refractivity (Wildman–Crippen MR) is 91.5 cm³/mol. The number of hydrogen-bond acceptors (Lipinski definition) is 3. The summed E-state index contributed by atoms with van der Waals surface area (Å²) in [4.78, 5) is 2.34. The van der Waals surface area contributed by atoms with Crippen LogP contribution in [0, 0.1) is 5.92 Å². The highest BCUT2D eigenvalue weighted by Crippen LogP contribution is 2.21. The zero-order valence-electron chi connectivity index (χ0n) is 13.9. The van der Waals surface area contributed by atoms with E-state index in [-0.39, 0.29) is 0 Å². The molecule has 0 unspecified atom stereocenters. The Labute approximate surface area is 135 Å². The molecule has 0 aliphatic carbocycles. The second kappa shape index (κ2) is 7.57. The van der Waals surface area contributed by atoms with Gasteiger partial charge in [0, 0.05) is 26.2 Å². The van der Waals surface area contributed by atoms with E-state index in [0.29, 0.717) is 24.9 Å². The first-order chi connectivity index (χ1) is 10.4. The molecule has 0 aromatic heterocycles. The van der Waals surface area contributed by atoms with Gasteiger partial charge in [-0.3, -0.25) is 0 Å². The lowest BCUT2D eigenvalue weighted by Crippen LogP contribution is -2.43. The van der Waals surface area contributed by atoms with Gasteiger partial charge >= 0.3 is 0 Å². The zero-order chi connectivity index (χ0) is 16.2. The molecular weight excluding hydrogens is 296 g/mol. The van der Waals surface area contributed by atoms with Crippen LogP contribution in [0.15, 0.2) is 30.3 Å². The van der Waals surface area contributed by atoms with Gasteiger partial charge in [0.2, 0.25) is 10.0 Å². The molecule has 1 aromatic carbocycles. The van der Waals surface area contributed by atoms with Crippen LogP contribution in [0.25, 0.3) is 0 Å². The van der Waals surface area contributed by atoms with Gasteiger partial charge in [-0.1, -0.05) is 37.3 Å². The van der Waals surface area contributed by atoms with Gasteiger partial charge in [-0.25, -0.2) is 12.7 Å². The van der Waals surface area contributed by atoms with E-state index in [0.717, 1.165) is 25.9 Å². The molecule has 0 saturated carbocycles. The first kappa shape index (κ1) is 17.4. The molecule has 1 fully saturated rings. The highest BCUT2D eigenvalue weighted by Gasteiger charge is 2.26. The van der Waals surface area contributed by atoms with Crippen molar-refractivity contribution >= 4 is 10.0 Å². The van der Waals surface area contributed by atoms with Gasteiger partial charge < -0.3 is 4.90 Å². The zero-order valence-corrected chi connectivity index (χ0v) is 14.7. The summed E-state index contributed by atoms with van der Waals surface area (Å²) in [5, 5.41) is 0. The fourth-order valence-electron chi connectivity index (χ4n) is 3.35. The van der Waals surface area contributed by atoms with Crippen LogP contribution in [-0.2, 0) is 10.0 Å². The maximum Gasteiger partial charge on any atom is 0.211 e. The second-order valence-corrected chi connectivity index (χ2v) is 8.64. The van der Waals surface area contributed by atoms with Gasteiger partial charge in [0.15, 0.2) is 0 Å². The SMILES string of the molecule is C[C@H](CN(C)C[C@@H]1CCCN(S(C)(=O)=O)C1)c1ccccc1. The summed E-state index contributed by atoms with van der Waals surface area (Å²) in [6.45, 7) is 5.56. The van der Waals surface area contributed by atoms with Crippen molar-refractivity contribution in [3.63, 3.8) is 0 Å². The average Bonchev–Trinajstić information content (AvgIpc) is 2.47. The van der Waals surface area contributed by atoms with Crippen LogP contribution in [0.2, 0.25) is 0 Å². The molecule has 1 aliphatic rings. The standard InChI is InChI=1S/C17H28N2O2S/c1-15(17-9-5-4-6-10-17)12-18(2)13-16-8-7-11-19(14-16)22(3,20)21/h4-6,9-10,15-16H,7-8,11-14H2,1-3H3/t15-,16+/m1/s1. The van der Waals surface area contributed by atoms with Gasteiger partial charge in [0.05, 0.1) is 6.26 Å². The van der Waals surface area contributed by atoms with E-state index in [9.17, 15) is 8.42 Å². The summed E-state index contributed by atoms with van der Waals surface area (Å²) in [5.74, 6) is 0.928. The first-order valence-electron chi connectivity index (χ1n) is 8.05. The fraction of sp³-hybridized carbons (Fsp3) is 0.647. The minimum absolute atomic E-state index is 0.441. The summed E-state index contributed by atoms with van der Waals surface area (Å²) in [7, 11) is -0.908. The summed E-state index contributed by atoms with van der Waals surface area (Å²) in [5.41, 5.74) is 1.36. The van der Waals surface area contributed by atoms with Crippen molar-refractivity contribution in [1.29, 1.82) is 0 Å². The van der Waals surface area contributed by atoms with Crippen LogP contribution in [0.5, 0.6) is 0 Å². The molecule has 1 aromatic rings. The van der Waals surface area contributed by atoms with Gasteiger partial charge in [-0.15, -0.1) is 0 Å². The summed E-state index contributed by atoms with van der Waals surface area (Å²) < 4.78 is 25.0. The Morgan fingerprint density at radius 1 is 1.32 bits per heavy atom. The van der Waals surface area contributed by atoms with Crippen molar-refractivity contribution in [2.75, 3.05) is 39.5 Å². The van der Waals surface area contributed by atoms with Gasteiger partial charge in [0.1, 0.15) is 0 Å². The summed E-state index contributed by atoms with van der Waals surface area (Å²) in [6.07, 6.45) is 3.41. The second-order valence-electron chi connectivity index (χ2n) is 6.66. The minimum Gasteiger partial charge on any atom is -0.305 e. The molecule has 0 radical (unpaired) electrons. The molecule has 1 heterocycles. The monoisotopic (exact) mass is 324 g/mol. The predicted octanol–water partition coefficient (Wildman–Crippen LogP) is 2.39. The van der Waals surface area contributed by atoms with E-state index < -0.39 is 10.0 Å². The molecule has 5 heteroatoms. The van der Waals surface area contributed by atoms with E-state index in [1.54, 1.807) is 4.31 Å². The van der Waals surface area contributed by atoms with Crippen molar-refractivity contribution in [2.24, 2.45) is 5.92 Å². The largest absolute Gasteiger partial charge is 0.305 e. The average molecular weight is 324 g/mol. The Morgan fingerprint density at radius 2 is 2.00 bits per heavy atom. The first-order valence-corrected chi connectivity index (χ1v) is 9.89. The smallest absolute Gasteiger partial charge is 0.211 e. The van der Waals surface area contributed by atoms with Crippen LogP contribution < -0.4 is 0 Å². The highest BCUT2D eigenvalue weighted by atomic mass is 32.2. The van der Waals surface area contributed by atoms with E-state index in [1.165, 1.54) is 11.8 Å². The lowest BCUT2D eigenvalue weighted by molar-refractivity contribution is 0.196. The molecule has 0 spiro atoms. The van der Waals surface area contributed by atoms with Crippen molar-refractivity contribution in [3.8, 4) is 0 Å². The van der Waals surface area contributed by atoms with Crippen molar-refractivity contribution < 1.29 is 8.42 Å². The van der Waals surface area contributed by atoms with Gasteiger partial charge in [-0.05, 0) is 37.3 Å². The van der Waals surface area contributed by atoms with Crippen LogP contribution in [0.4, 0.5) is 0 Å². The molecule has 1 saturated heterocycles. The molecule has 2 atom stereocenters. The highest BCUT2D eigenvalue weighted by molar-refractivity contribution is 7.88. The maximum atomic E-state index is 11.7. The Bertz CT molecular complexity index is 559. The topological polar surface area (TPSA) is 40.6 Å². The van der Waals surface area contributed by atoms with Crippen molar-refractivity contribution in [1.82, 2.24) is 9.21 Å². The molecular formula is C17H28N2O2S. The molecule has 2 rings (SSSR count). The Morgan fingerprint density at radius 3 is 2.64 bits per heavy atom. The van der Waals surface area contributed by atoms with E-state index in [4.69, 9.17) is 0 Å². The number of piperidine rings is 1. The number of sulfonamides is 1. The van der Waals surface area contributed by atoms with Crippen molar-refractivity contribution in [2.45, 2.75) is 25.7 Å². The van der Waals surface area contributed by atoms with Gasteiger partial charge in [-0.2, -0.15) is 0 Å². The van der Waals surface area contributed by atoms with Crippen LogP contribution in [-0.4, -0.2) is 57.1 Å². The van der Waals surface area contributed by atoms with Crippen LogP contribution in [0.1, 0.15) is 31.2 Å².